The van der Waals surface area contributed by atoms with E-state index >= 15 is 0 Å². The van der Waals surface area contributed by atoms with Crippen molar-refractivity contribution in [2.75, 3.05) is 6.61 Å². The average molecular weight is 334 g/mol. The topological polar surface area (TPSA) is 75.6 Å². The molecule has 5 nitrogen and oxygen atoms in total. The van der Waals surface area contributed by atoms with E-state index in [4.69, 9.17) is 27.9 Å². The minimum atomic E-state index is -1.62. The summed E-state index contributed by atoms with van der Waals surface area (Å²) in [6.45, 7) is 4.72. The number of carbonyl (C=O) groups excluding carboxylic acids is 1. The zero-order valence-electron chi connectivity index (χ0n) is 11.9. The zero-order valence-corrected chi connectivity index (χ0v) is 13.5. The first-order valence-electron chi connectivity index (χ1n) is 6.28. The van der Waals surface area contributed by atoms with Gasteiger partial charge in [-0.15, -0.1) is 0 Å². The molecule has 0 aliphatic heterocycles. The quantitative estimate of drug-likeness (QED) is 0.839. The molecule has 0 spiro atoms. The van der Waals surface area contributed by atoms with Gasteiger partial charge in [-0.2, -0.15) is 0 Å². The number of carboxylic acid groups (broad SMARTS) is 1. The van der Waals surface area contributed by atoms with Gasteiger partial charge in [-0.3, -0.25) is 4.79 Å². The molecule has 0 fully saturated rings. The molecule has 116 valence electrons. The fraction of sp³-hybridized carbons (Fsp3) is 0.429. The van der Waals surface area contributed by atoms with Crippen molar-refractivity contribution in [2.45, 2.75) is 32.4 Å². The summed E-state index contributed by atoms with van der Waals surface area (Å²) < 4.78 is 5.16. The van der Waals surface area contributed by atoms with Crippen LogP contribution in [0, 0.1) is 0 Å². The van der Waals surface area contributed by atoms with Gasteiger partial charge in [0.25, 0.3) is 0 Å². The maximum atomic E-state index is 11.8. The van der Waals surface area contributed by atoms with Crippen LogP contribution < -0.4 is 5.32 Å². The van der Waals surface area contributed by atoms with E-state index in [-0.39, 0.29) is 17.7 Å². The Morgan fingerprint density at radius 1 is 1.33 bits per heavy atom. The van der Waals surface area contributed by atoms with Crippen LogP contribution in [0.1, 0.15) is 26.3 Å². The predicted octanol–water partition coefficient (Wildman–Crippen LogP) is 2.83. The summed E-state index contributed by atoms with van der Waals surface area (Å²) >= 11 is 11.7. The second-order valence-corrected chi connectivity index (χ2v) is 5.78. The van der Waals surface area contributed by atoms with Gasteiger partial charge in [-0.05, 0) is 38.5 Å². The maximum Gasteiger partial charge on any atom is 0.333 e. The number of benzene rings is 1. The molecule has 21 heavy (non-hydrogen) atoms. The van der Waals surface area contributed by atoms with E-state index in [9.17, 15) is 14.7 Å². The molecule has 0 bridgehead atoms. The molecule has 1 atom stereocenters. The largest absolute Gasteiger partial charge is 0.479 e. The van der Waals surface area contributed by atoms with Gasteiger partial charge < -0.3 is 15.2 Å². The molecule has 1 aromatic rings. The Bertz CT molecular complexity index is 548. The molecule has 1 unspecified atom stereocenters. The van der Waals surface area contributed by atoms with E-state index in [0.717, 1.165) is 0 Å². The van der Waals surface area contributed by atoms with Gasteiger partial charge in [0.2, 0.25) is 5.91 Å². The van der Waals surface area contributed by atoms with Crippen molar-refractivity contribution in [2.24, 2.45) is 0 Å². The fourth-order valence-electron chi connectivity index (χ4n) is 1.61. The Kier molecular flexibility index (Phi) is 6.01. The molecule has 0 aromatic heterocycles. The molecule has 1 aromatic carbocycles. The van der Waals surface area contributed by atoms with Crippen LogP contribution in [0.2, 0.25) is 10.0 Å². The molecular formula is C14H17Cl2NO4. The van der Waals surface area contributed by atoms with Crippen LogP contribution in [-0.2, 0) is 19.9 Å². The highest BCUT2D eigenvalue weighted by molar-refractivity contribution is 6.42. The number of hydrogen-bond acceptors (Lipinski definition) is 3. The summed E-state index contributed by atoms with van der Waals surface area (Å²) in [5.41, 5.74) is -1.30. The lowest BCUT2D eigenvalue weighted by Crippen LogP contribution is -2.50. The number of ether oxygens (including phenoxy) is 1. The lowest BCUT2D eigenvalue weighted by Gasteiger charge is -2.27. The van der Waals surface area contributed by atoms with Crippen molar-refractivity contribution in [1.29, 1.82) is 0 Å². The molecule has 1 rings (SSSR count). The second-order valence-electron chi connectivity index (χ2n) is 4.97. The summed E-state index contributed by atoms with van der Waals surface area (Å²) in [5, 5.41) is 12.4. The SMILES string of the molecule is CC(C)OCC(=O)NC(C)(C(=O)O)c1ccc(Cl)c(Cl)c1. The Labute approximate surface area is 133 Å². The van der Waals surface area contributed by atoms with Crippen LogP contribution in [0.25, 0.3) is 0 Å². The lowest BCUT2D eigenvalue weighted by molar-refractivity contribution is -0.148. The molecule has 1 amide bonds. The number of carbonyl (C=O) groups is 2. The summed E-state index contributed by atoms with van der Waals surface area (Å²) in [6.07, 6.45) is -0.128. The van der Waals surface area contributed by atoms with E-state index in [0.29, 0.717) is 10.6 Å². The minimum absolute atomic E-state index is 0.128. The van der Waals surface area contributed by atoms with Gasteiger partial charge in [0.1, 0.15) is 6.61 Å². The number of hydrogen-bond donors (Lipinski definition) is 2. The van der Waals surface area contributed by atoms with Gasteiger partial charge in [0.05, 0.1) is 16.1 Å². The predicted molar refractivity (Wildman–Crippen MR) is 80.7 cm³/mol. The standard InChI is InChI=1S/C14H17Cl2NO4/c1-8(2)21-7-12(18)17-14(3,13(19)20)9-4-5-10(15)11(16)6-9/h4-6,8H,7H2,1-3H3,(H,17,18)(H,19,20). The van der Waals surface area contributed by atoms with Crippen LogP contribution >= 0.6 is 23.2 Å². The molecule has 0 aliphatic carbocycles. The van der Waals surface area contributed by atoms with Crippen molar-refractivity contribution in [3.63, 3.8) is 0 Å². The van der Waals surface area contributed by atoms with E-state index in [1.165, 1.54) is 25.1 Å². The van der Waals surface area contributed by atoms with Gasteiger partial charge in [-0.1, -0.05) is 29.3 Å². The van der Waals surface area contributed by atoms with Gasteiger partial charge >= 0.3 is 5.97 Å². The van der Waals surface area contributed by atoms with Crippen molar-refractivity contribution >= 4 is 35.1 Å². The molecule has 0 aliphatic rings. The first-order valence-corrected chi connectivity index (χ1v) is 7.04. The third-order valence-electron chi connectivity index (χ3n) is 2.86. The van der Waals surface area contributed by atoms with Crippen molar-refractivity contribution < 1.29 is 19.4 Å². The summed E-state index contributed by atoms with van der Waals surface area (Å²) in [6, 6.07) is 4.41. The van der Waals surface area contributed by atoms with Crippen LogP contribution in [0.4, 0.5) is 0 Å². The first-order chi connectivity index (χ1) is 9.66. The van der Waals surface area contributed by atoms with Crippen molar-refractivity contribution in [1.82, 2.24) is 5.32 Å². The van der Waals surface area contributed by atoms with Crippen LogP contribution in [0.3, 0.4) is 0 Å². The fourth-order valence-corrected chi connectivity index (χ4v) is 1.91. The number of carboxylic acids is 1. The number of halogens is 2. The van der Waals surface area contributed by atoms with Gasteiger partial charge in [0.15, 0.2) is 5.54 Å². The molecule has 0 saturated heterocycles. The van der Waals surface area contributed by atoms with Gasteiger partial charge in [0, 0.05) is 0 Å². The smallest absolute Gasteiger partial charge is 0.333 e. The van der Waals surface area contributed by atoms with E-state index < -0.39 is 17.4 Å². The highest BCUT2D eigenvalue weighted by Crippen LogP contribution is 2.29. The first kappa shape index (κ1) is 17.8. The van der Waals surface area contributed by atoms with Crippen molar-refractivity contribution in [3.8, 4) is 0 Å². The maximum absolute atomic E-state index is 11.8. The lowest BCUT2D eigenvalue weighted by atomic mass is 9.92. The Hall–Kier alpha value is -1.30. The van der Waals surface area contributed by atoms with Crippen molar-refractivity contribution in [3.05, 3.63) is 33.8 Å². The summed E-state index contributed by atoms with van der Waals surface area (Å²) in [7, 11) is 0. The Balaban J connectivity index is 3.00. The summed E-state index contributed by atoms with van der Waals surface area (Å²) in [4.78, 5) is 23.4. The van der Waals surface area contributed by atoms with E-state index in [1.54, 1.807) is 13.8 Å². The van der Waals surface area contributed by atoms with Crippen LogP contribution in [0.15, 0.2) is 18.2 Å². The van der Waals surface area contributed by atoms with Gasteiger partial charge in [-0.25, -0.2) is 4.79 Å². The van der Waals surface area contributed by atoms with E-state index in [1.807, 2.05) is 0 Å². The Morgan fingerprint density at radius 3 is 2.43 bits per heavy atom. The normalized spacial score (nSPS) is 13.8. The number of nitrogens with one attached hydrogen (secondary N) is 1. The second kappa shape index (κ2) is 7.11. The average Bonchev–Trinajstić information content (AvgIpc) is 2.39. The third kappa shape index (κ3) is 4.59. The summed E-state index contributed by atoms with van der Waals surface area (Å²) in [5.74, 6) is -1.74. The molecule has 0 radical (unpaired) electrons. The van der Waals surface area contributed by atoms with E-state index in [2.05, 4.69) is 5.32 Å². The Morgan fingerprint density at radius 2 is 1.95 bits per heavy atom. The molecule has 0 saturated carbocycles. The molecule has 7 heteroatoms. The molecule has 0 heterocycles. The van der Waals surface area contributed by atoms with Crippen LogP contribution in [-0.4, -0.2) is 29.7 Å². The highest BCUT2D eigenvalue weighted by atomic mass is 35.5. The molecular weight excluding hydrogens is 317 g/mol. The number of amides is 1. The molecule has 2 N–H and O–H groups in total. The number of aliphatic carboxylic acids is 1. The minimum Gasteiger partial charge on any atom is -0.479 e. The third-order valence-corrected chi connectivity index (χ3v) is 3.60. The van der Waals surface area contributed by atoms with Crippen LogP contribution in [0.5, 0.6) is 0 Å². The highest BCUT2D eigenvalue weighted by Gasteiger charge is 2.37. The zero-order chi connectivity index (χ0) is 16.2. The number of rotatable bonds is 6. The monoisotopic (exact) mass is 333 g/mol.